The van der Waals surface area contributed by atoms with Gasteiger partial charge in [0.25, 0.3) is 0 Å². The average Bonchev–Trinajstić information content (AvgIpc) is 2.37. The van der Waals surface area contributed by atoms with E-state index in [1.807, 2.05) is 17.8 Å². The highest BCUT2D eigenvalue weighted by molar-refractivity contribution is 9.09. The largest absolute Gasteiger partial charge is 0.335 e. The Balaban J connectivity index is 2.86. The Kier molecular flexibility index (Phi) is 2.88. The number of alkyl halides is 1. The molecule has 0 unspecified atom stereocenters. The molecule has 1 aromatic heterocycles. The molecule has 0 spiro atoms. The standard InChI is InChI=1S/C8H11BrN2/c1-7(6-9)5-8-10-3-4-11(8)2/h3-5H,6H2,1-2H3/b7-5-. The first-order chi connectivity index (χ1) is 5.24. The molecule has 1 heterocycles. The molecule has 0 aliphatic carbocycles. The van der Waals surface area contributed by atoms with Crippen LogP contribution < -0.4 is 0 Å². The second-order valence-electron chi connectivity index (χ2n) is 2.52. The van der Waals surface area contributed by atoms with E-state index < -0.39 is 0 Å². The molecule has 1 rings (SSSR count). The monoisotopic (exact) mass is 214 g/mol. The number of halogens is 1. The first-order valence-corrected chi connectivity index (χ1v) is 4.56. The Morgan fingerprint density at radius 2 is 2.55 bits per heavy atom. The summed E-state index contributed by atoms with van der Waals surface area (Å²) < 4.78 is 1.99. The number of hydrogen-bond acceptors (Lipinski definition) is 1. The Morgan fingerprint density at radius 3 is 3.00 bits per heavy atom. The molecule has 0 N–H and O–H groups in total. The minimum absolute atomic E-state index is 0.903. The molecule has 0 saturated carbocycles. The average molecular weight is 215 g/mol. The Bertz CT molecular complexity index is 263. The van der Waals surface area contributed by atoms with E-state index in [1.54, 1.807) is 6.20 Å². The van der Waals surface area contributed by atoms with E-state index in [2.05, 4.69) is 33.9 Å². The Labute approximate surface area is 75.1 Å². The topological polar surface area (TPSA) is 17.8 Å². The molecule has 0 radical (unpaired) electrons. The van der Waals surface area contributed by atoms with Crippen molar-refractivity contribution in [2.75, 3.05) is 5.33 Å². The number of hydrogen-bond donors (Lipinski definition) is 0. The van der Waals surface area contributed by atoms with Crippen LogP contribution in [0.5, 0.6) is 0 Å². The lowest BCUT2D eigenvalue weighted by molar-refractivity contribution is 0.896. The highest BCUT2D eigenvalue weighted by Gasteiger charge is 1.93. The van der Waals surface area contributed by atoms with Gasteiger partial charge in [-0.05, 0) is 13.0 Å². The quantitative estimate of drug-likeness (QED) is 0.691. The van der Waals surface area contributed by atoms with Gasteiger partial charge in [-0.3, -0.25) is 0 Å². The third kappa shape index (κ3) is 2.19. The highest BCUT2D eigenvalue weighted by Crippen LogP contribution is 2.05. The smallest absolute Gasteiger partial charge is 0.132 e. The van der Waals surface area contributed by atoms with Crippen LogP contribution in [0.1, 0.15) is 12.7 Å². The number of aryl methyl sites for hydroxylation is 1. The van der Waals surface area contributed by atoms with Gasteiger partial charge in [0.1, 0.15) is 5.82 Å². The molecular formula is C8H11BrN2. The number of allylic oxidation sites excluding steroid dienone is 1. The molecule has 11 heavy (non-hydrogen) atoms. The fourth-order valence-corrected chi connectivity index (χ4v) is 0.937. The van der Waals surface area contributed by atoms with Crippen LogP contribution in [0.25, 0.3) is 6.08 Å². The summed E-state index contributed by atoms with van der Waals surface area (Å²) in [6, 6.07) is 0. The highest BCUT2D eigenvalue weighted by atomic mass is 79.9. The van der Waals surface area contributed by atoms with Crippen molar-refractivity contribution in [2.45, 2.75) is 6.92 Å². The normalized spacial score (nSPS) is 12.1. The zero-order valence-corrected chi connectivity index (χ0v) is 8.30. The SMILES string of the molecule is C/C(=C/c1nccn1C)CBr. The summed E-state index contributed by atoms with van der Waals surface area (Å²) in [6.45, 7) is 2.07. The van der Waals surface area contributed by atoms with Crippen molar-refractivity contribution in [3.63, 3.8) is 0 Å². The van der Waals surface area contributed by atoms with E-state index >= 15 is 0 Å². The number of aromatic nitrogens is 2. The van der Waals surface area contributed by atoms with E-state index in [9.17, 15) is 0 Å². The molecule has 1 aromatic rings. The van der Waals surface area contributed by atoms with Gasteiger partial charge in [-0.1, -0.05) is 21.5 Å². The maximum Gasteiger partial charge on any atom is 0.132 e. The maximum atomic E-state index is 4.17. The molecule has 3 heteroatoms. The van der Waals surface area contributed by atoms with Gasteiger partial charge in [0, 0.05) is 24.8 Å². The summed E-state index contributed by atoms with van der Waals surface area (Å²) in [6.07, 6.45) is 5.80. The van der Waals surface area contributed by atoms with Crippen LogP contribution in [-0.4, -0.2) is 14.9 Å². The minimum Gasteiger partial charge on any atom is -0.335 e. The molecule has 0 aliphatic heterocycles. The molecule has 0 aromatic carbocycles. The van der Waals surface area contributed by atoms with Crippen molar-refractivity contribution in [3.8, 4) is 0 Å². The van der Waals surface area contributed by atoms with Crippen molar-refractivity contribution >= 4 is 22.0 Å². The summed E-state index contributed by atoms with van der Waals surface area (Å²) in [5, 5.41) is 0.903. The third-order valence-electron chi connectivity index (χ3n) is 1.44. The fraction of sp³-hybridized carbons (Fsp3) is 0.375. The molecule has 0 aliphatic rings. The van der Waals surface area contributed by atoms with Crippen molar-refractivity contribution in [1.82, 2.24) is 9.55 Å². The van der Waals surface area contributed by atoms with Crippen LogP contribution in [0.3, 0.4) is 0 Å². The summed E-state index contributed by atoms with van der Waals surface area (Å²) in [4.78, 5) is 4.17. The number of imidazole rings is 1. The first-order valence-electron chi connectivity index (χ1n) is 3.44. The van der Waals surface area contributed by atoms with E-state index in [0.29, 0.717) is 0 Å². The van der Waals surface area contributed by atoms with Gasteiger partial charge in [-0.15, -0.1) is 0 Å². The molecule has 0 atom stereocenters. The minimum atomic E-state index is 0.903. The summed E-state index contributed by atoms with van der Waals surface area (Å²) in [7, 11) is 1.99. The second-order valence-corrected chi connectivity index (χ2v) is 3.08. The van der Waals surface area contributed by atoms with Crippen LogP contribution in [0.2, 0.25) is 0 Å². The maximum absolute atomic E-state index is 4.17. The van der Waals surface area contributed by atoms with Crippen molar-refractivity contribution in [2.24, 2.45) is 7.05 Å². The lowest BCUT2D eigenvalue weighted by Gasteiger charge is -1.95. The van der Waals surface area contributed by atoms with Gasteiger partial charge in [0.2, 0.25) is 0 Å². The van der Waals surface area contributed by atoms with E-state index in [4.69, 9.17) is 0 Å². The van der Waals surface area contributed by atoms with Gasteiger partial charge in [-0.25, -0.2) is 4.98 Å². The van der Waals surface area contributed by atoms with Crippen LogP contribution in [-0.2, 0) is 7.05 Å². The Hall–Kier alpha value is -0.570. The van der Waals surface area contributed by atoms with Crippen molar-refractivity contribution in [3.05, 3.63) is 23.8 Å². The van der Waals surface area contributed by atoms with Gasteiger partial charge >= 0.3 is 0 Å². The zero-order chi connectivity index (χ0) is 8.27. The molecule has 0 fully saturated rings. The molecule has 0 saturated heterocycles. The molecule has 2 nitrogen and oxygen atoms in total. The van der Waals surface area contributed by atoms with Gasteiger partial charge in [0.05, 0.1) is 0 Å². The lowest BCUT2D eigenvalue weighted by Crippen LogP contribution is -1.90. The van der Waals surface area contributed by atoms with Gasteiger partial charge < -0.3 is 4.57 Å². The van der Waals surface area contributed by atoms with Crippen LogP contribution in [0.15, 0.2) is 18.0 Å². The van der Waals surface area contributed by atoms with E-state index in [1.165, 1.54) is 5.57 Å². The van der Waals surface area contributed by atoms with Crippen LogP contribution in [0.4, 0.5) is 0 Å². The predicted octanol–water partition coefficient (Wildman–Crippen LogP) is 2.22. The molecular weight excluding hydrogens is 204 g/mol. The molecule has 0 amide bonds. The van der Waals surface area contributed by atoms with Crippen molar-refractivity contribution in [1.29, 1.82) is 0 Å². The van der Waals surface area contributed by atoms with Gasteiger partial charge in [-0.2, -0.15) is 0 Å². The van der Waals surface area contributed by atoms with E-state index in [0.717, 1.165) is 11.2 Å². The fourth-order valence-electron chi connectivity index (χ4n) is 0.775. The summed E-state index contributed by atoms with van der Waals surface area (Å²) >= 11 is 3.38. The number of rotatable bonds is 2. The van der Waals surface area contributed by atoms with E-state index in [-0.39, 0.29) is 0 Å². The summed E-state index contributed by atoms with van der Waals surface area (Å²) in [5.41, 5.74) is 1.28. The second kappa shape index (κ2) is 3.72. The summed E-state index contributed by atoms with van der Waals surface area (Å²) in [5.74, 6) is 1.00. The third-order valence-corrected chi connectivity index (χ3v) is 2.33. The Morgan fingerprint density at radius 1 is 1.82 bits per heavy atom. The van der Waals surface area contributed by atoms with Crippen LogP contribution >= 0.6 is 15.9 Å². The number of nitrogens with zero attached hydrogens (tertiary/aromatic N) is 2. The zero-order valence-electron chi connectivity index (χ0n) is 6.71. The lowest BCUT2D eigenvalue weighted by atomic mass is 10.3. The molecule has 60 valence electrons. The predicted molar refractivity (Wildman–Crippen MR) is 50.7 cm³/mol. The van der Waals surface area contributed by atoms with Crippen LogP contribution in [0, 0.1) is 0 Å². The first kappa shape index (κ1) is 8.53. The van der Waals surface area contributed by atoms with Gasteiger partial charge in [0.15, 0.2) is 0 Å². The van der Waals surface area contributed by atoms with Crippen molar-refractivity contribution < 1.29 is 0 Å². The molecule has 0 bridgehead atoms.